The molecule has 0 aromatic heterocycles. The Labute approximate surface area is 77.7 Å². The maximum atomic E-state index is 11.8. The summed E-state index contributed by atoms with van der Waals surface area (Å²) in [6.45, 7) is 2.11. The van der Waals surface area contributed by atoms with Crippen LogP contribution in [-0.2, 0) is 4.79 Å². The zero-order valence-electron chi connectivity index (χ0n) is 7.70. The lowest BCUT2D eigenvalue weighted by Crippen LogP contribution is -2.54. The van der Waals surface area contributed by atoms with Crippen LogP contribution < -0.4 is 5.73 Å². The third-order valence-electron chi connectivity index (χ3n) is 3.20. The van der Waals surface area contributed by atoms with Gasteiger partial charge < -0.3 is 15.7 Å². The summed E-state index contributed by atoms with van der Waals surface area (Å²) in [4.78, 5) is 13.6. The van der Waals surface area contributed by atoms with Gasteiger partial charge in [-0.2, -0.15) is 0 Å². The highest BCUT2D eigenvalue weighted by molar-refractivity contribution is 5.86. The minimum absolute atomic E-state index is 0.194. The molecule has 2 aliphatic rings. The third-order valence-corrected chi connectivity index (χ3v) is 3.20. The van der Waals surface area contributed by atoms with Gasteiger partial charge in [0, 0.05) is 32.2 Å². The van der Waals surface area contributed by atoms with Gasteiger partial charge in [-0.15, -0.1) is 0 Å². The van der Waals surface area contributed by atoms with Crippen LogP contribution in [0.1, 0.15) is 12.8 Å². The topological polar surface area (TPSA) is 66.6 Å². The molecule has 1 heterocycles. The number of hydrogen-bond donors (Lipinski definition) is 2. The Kier molecular flexibility index (Phi) is 2.04. The Balaban J connectivity index is 1.86. The van der Waals surface area contributed by atoms with E-state index in [9.17, 15) is 4.79 Å². The molecular formula is C9H16N2O2. The predicted molar refractivity (Wildman–Crippen MR) is 47.9 cm³/mol. The van der Waals surface area contributed by atoms with Crippen LogP contribution >= 0.6 is 0 Å². The van der Waals surface area contributed by atoms with Gasteiger partial charge in [0.1, 0.15) is 0 Å². The summed E-state index contributed by atoms with van der Waals surface area (Å²) in [5, 5.41) is 8.80. The van der Waals surface area contributed by atoms with Crippen LogP contribution in [0.4, 0.5) is 0 Å². The van der Waals surface area contributed by atoms with Gasteiger partial charge in [-0.05, 0) is 12.8 Å². The fraction of sp³-hybridized carbons (Fsp3) is 0.889. The number of nitrogens with zero attached hydrogens (tertiary/aromatic N) is 1. The smallest absolute Gasteiger partial charge is 0.230 e. The van der Waals surface area contributed by atoms with E-state index in [1.165, 1.54) is 0 Å². The van der Waals surface area contributed by atoms with Crippen molar-refractivity contribution in [1.82, 2.24) is 4.90 Å². The van der Waals surface area contributed by atoms with Gasteiger partial charge in [0.2, 0.25) is 5.91 Å². The molecule has 74 valence electrons. The van der Waals surface area contributed by atoms with Gasteiger partial charge in [-0.25, -0.2) is 0 Å². The van der Waals surface area contributed by atoms with E-state index >= 15 is 0 Å². The van der Waals surface area contributed by atoms with E-state index in [2.05, 4.69) is 0 Å². The standard InChI is InChI=1S/C9H16N2O2/c10-6-9(1-2-9)8(13)11-3-7(4-11)5-12/h7,12H,1-6,10H2. The van der Waals surface area contributed by atoms with Crippen LogP contribution in [0.5, 0.6) is 0 Å². The minimum Gasteiger partial charge on any atom is -0.396 e. The van der Waals surface area contributed by atoms with Crippen LogP contribution in [0.3, 0.4) is 0 Å². The van der Waals surface area contributed by atoms with Crippen LogP contribution in [-0.4, -0.2) is 42.2 Å². The quantitative estimate of drug-likeness (QED) is 0.602. The zero-order valence-corrected chi connectivity index (χ0v) is 7.70. The number of carbonyl (C=O) groups is 1. The molecule has 0 bridgehead atoms. The first-order valence-corrected chi connectivity index (χ1v) is 4.82. The van der Waals surface area contributed by atoms with Crippen molar-refractivity contribution in [2.75, 3.05) is 26.2 Å². The highest BCUT2D eigenvalue weighted by atomic mass is 16.3. The van der Waals surface area contributed by atoms with E-state index in [0.29, 0.717) is 12.5 Å². The summed E-state index contributed by atoms with van der Waals surface area (Å²) in [6.07, 6.45) is 1.89. The fourth-order valence-electron chi connectivity index (χ4n) is 1.84. The number of rotatable bonds is 3. The Hall–Kier alpha value is -0.610. The molecule has 0 unspecified atom stereocenters. The van der Waals surface area contributed by atoms with Crippen LogP contribution in [0, 0.1) is 11.3 Å². The Morgan fingerprint density at radius 1 is 1.54 bits per heavy atom. The number of aliphatic hydroxyl groups excluding tert-OH is 1. The molecule has 0 atom stereocenters. The molecule has 13 heavy (non-hydrogen) atoms. The molecule has 2 fully saturated rings. The number of amides is 1. The van der Waals surface area contributed by atoms with Crippen molar-refractivity contribution in [2.24, 2.45) is 17.1 Å². The lowest BCUT2D eigenvalue weighted by Gasteiger charge is -2.40. The van der Waals surface area contributed by atoms with E-state index < -0.39 is 0 Å². The molecule has 2 rings (SSSR count). The van der Waals surface area contributed by atoms with Gasteiger partial charge in [-0.3, -0.25) is 4.79 Å². The van der Waals surface area contributed by atoms with Crippen molar-refractivity contribution in [1.29, 1.82) is 0 Å². The first-order chi connectivity index (χ1) is 6.22. The second-order valence-corrected chi connectivity index (χ2v) is 4.24. The molecular weight excluding hydrogens is 168 g/mol. The van der Waals surface area contributed by atoms with Crippen molar-refractivity contribution >= 4 is 5.91 Å². The van der Waals surface area contributed by atoms with E-state index in [1.807, 2.05) is 4.90 Å². The van der Waals surface area contributed by atoms with Crippen molar-refractivity contribution in [3.63, 3.8) is 0 Å². The first kappa shape index (κ1) is 8.97. The maximum absolute atomic E-state index is 11.8. The number of carbonyl (C=O) groups excluding carboxylic acids is 1. The highest BCUT2D eigenvalue weighted by Gasteiger charge is 2.52. The Morgan fingerprint density at radius 3 is 2.54 bits per heavy atom. The molecule has 1 amide bonds. The SMILES string of the molecule is NCC1(C(=O)N2CC(CO)C2)CC1. The lowest BCUT2D eigenvalue weighted by atomic mass is 9.96. The van der Waals surface area contributed by atoms with E-state index in [0.717, 1.165) is 25.9 Å². The van der Waals surface area contributed by atoms with Crippen LogP contribution in [0.25, 0.3) is 0 Å². The van der Waals surface area contributed by atoms with E-state index in [4.69, 9.17) is 10.8 Å². The fourth-order valence-corrected chi connectivity index (χ4v) is 1.84. The van der Waals surface area contributed by atoms with Gasteiger partial charge in [0.15, 0.2) is 0 Å². The highest BCUT2D eigenvalue weighted by Crippen LogP contribution is 2.47. The second-order valence-electron chi connectivity index (χ2n) is 4.24. The summed E-state index contributed by atoms with van der Waals surface area (Å²) in [7, 11) is 0. The first-order valence-electron chi connectivity index (χ1n) is 4.82. The van der Waals surface area contributed by atoms with Crippen LogP contribution in [0.2, 0.25) is 0 Å². The Bertz CT molecular complexity index is 220. The molecule has 0 spiro atoms. The van der Waals surface area contributed by atoms with Crippen molar-refractivity contribution in [2.45, 2.75) is 12.8 Å². The number of aliphatic hydroxyl groups is 1. The van der Waals surface area contributed by atoms with E-state index in [1.54, 1.807) is 0 Å². The lowest BCUT2D eigenvalue weighted by molar-refractivity contribution is -0.144. The monoisotopic (exact) mass is 184 g/mol. The molecule has 0 aromatic carbocycles. The van der Waals surface area contributed by atoms with Gasteiger partial charge in [0.05, 0.1) is 5.41 Å². The van der Waals surface area contributed by atoms with Crippen LogP contribution in [0.15, 0.2) is 0 Å². The molecule has 4 heteroatoms. The van der Waals surface area contributed by atoms with Crippen molar-refractivity contribution in [3.8, 4) is 0 Å². The van der Waals surface area contributed by atoms with Gasteiger partial charge >= 0.3 is 0 Å². The molecule has 1 saturated heterocycles. The zero-order chi connectivity index (χ0) is 9.47. The normalized spacial score (nSPS) is 25.5. The minimum atomic E-state index is -0.208. The van der Waals surface area contributed by atoms with E-state index in [-0.39, 0.29) is 17.9 Å². The van der Waals surface area contributed by atoms with Crippen molar-refractivity contribution < 1.29 is 9.90 Å². The number of nitrogens with two attached hydrogens (primary N) is 1. The third kappa shape index (κ3) is 1.34. The average molecular weight is 184 g/mol. The predicted octanol–water partition coefficient (Wildman–Crippen LogP) is -0.824. The molecule has 3 N–H and O–H groups in total. The summed E-state index contributed by atoms with van der Waals surface area (Å²) >= 11 is 0. The number of likely N-dealkylation sites (tertiary alicyclic amines) is 1. The second kappa shape index (κ2) is 2.96. The Morgan fingerprint density at radius 2 is 2.15 bits per heavy atom. The molecule has 4 nitrogen and oxygen atoms in total. The maximum Gasteiger partial charge on any atom is 0.230 e. The molecule has 0 aromatic rings. The average Bonchev–Trinajstić information content (AvgIpc) is 2.82. The summed E-state index contributed by atoms with van der Waals surface area (Å²) in [5.74, 6) is 0.511. The molecule has 1 aliphatic heterocycles. The van der Waals surface area contributed by atoms with Crippen molar-refractivity contribution in [3.05, 3.63) is 0 Å². The summed E-state index contributed by atoms with van der Waals surface area (Å²) < 4.78 is 0. The molecule has 1 saturated carbocycles. The van der Waals surface area contributed by atoms with Gasteiger partial charge in [-0.1, -0.05) is 0 Å². The number of hydrogen-bond acceptors (Lipinski definition) is 3. The molecule has 0 radical (unpaired) electrons. The molecule has 1 aliphatic carbocycles. The summed E-state index contributed by atoms with van der Waals surface area (Å²) in [5.41, 5.74) is 5.35. The largest absolute Gasteiger partial charge is 0.396 e. The summed E-state index contributed by atoms with van der Waals surface area (Å²) in [6, 6.07) is 0. The van der Waals surface area contributed by atoms with Gasteiger partial charge in [0.25, 0.3) is 0 Å².